The van der Waals surface area contributed by atoms with Crippen LogP contribution in [0.25, 0.3) is 0 Å². The SMILES string of the molecule is CCCCC(F)C(O)CC[C@H]1C(OP)CC(O)C1C/C=C\CCCC(=O)O. The molecule has 0 amide bonds. The smallest absolute Gasteiger partial charge is 0.303 e. The predicted octanol–water partition coefficient (Wildman–Crippen LogP) is 4.03. The Morgan fingerprint density at radius 2 is 2.04 bits per heavy atom. The monoisotopic (exact) mass is 406 g/mol. The van der Waals surface area contributed by atoms with Crippen LogP contribution in [0, 0.1) is 11.8 Å². The molecule has 7 atom stereocenters. The molecule has 1 aliphatic carbocycles. The predicted molar refractivity (Wildman–Crippen MR) is 107 cm³/mol. The number of allylic oxidation sites excluding steroid dienone is 2. The zero-order chi connectivity index (χ0) is 20.2. The van der Waals surface area contributed by atoms with Crippen molar-refractivity contribution in [2.45, 2.75) is 95.6 Å². The summed E-state index contributed by atoms with van der Waals surface area (Å²) in [6.07, 6.45) is 6.90. The molecule has 0 heterocycles. The van der Waals surface area contributed by atoms with E-state index in [1.165, 1.54) is 0 Å². The topological polar surface area (TPSA) is 87.0 Å². The molecule has 0 aromatic carbocycles. The van der Waals surface area contributed by atoms with Crippen molar-refractivity contribution in [1.82, 2.24) is 0 Å². The van der Waals surface area contributed by atoms with Crippen LogP contribution in [0.3, 0.4) is 0 Å². The van der Waals surface area contributed by atoms with Crippen LogP contribution in [0.4, 0.5) is 4.39 Å². The van der Waals surface area contributed by atoms with Gasteiger partial charge in [0.2, 0.25) is 0 Å². The summed E-state index contributed by atoms with van der Waals surface area (Å²) in [4.78, 5) is 10.5. The standard InChI is InChI=1S/C20H36FO5P/c1-2-3-9-16(21)17(22)12-11-15-14(18(23)13-19(15)26-27)8-6-4-5-7-10-20(24)25/h4,6,14-19,22-23H,2-3,5,7-13,27H2,1H3,(H,24,25)/b6-4-/t14?,15-,16?,17?,18?,19?/m1/s1. The van der Waals surface area contributed by atoms with Crippen LogP contribution < -0.4 is 0 Å². The van der Waals surface area contributed by atoms with Gasteiger partial charge in [0, 0.05) is 22.3 Å². The molecule has 0 aliphatic heterocycles. The minimum Gasteiger partial charge on any atom is -0.481 e. The summed E-state index contributed by atoms with van der Waals surface area (Å²) in [6, 6.07) is 0. The quantitative estimate of drug-likeness (QED) is 0.230. The summed E-state index contributed by atoms with van der Waals surface area (Å²) >= 11 is 0. The largest absolute Gasteiger partial charge is 0.481 e. The molecule has 0 bridgehead atoms. The highest BCUT2D eigenvalue weighted by Gasteiger charge is 2.42. The average Bonchev–Trinajstić information content (AvgIpc) is 2.95. The van der Waals surface area contributed by atoms with E-state index in [1.54, 1.807) is 0 Å². The summed E-state index contributed by atoms with van der Waals surface area (Å²) in [5.74, 6) is -0.722. The number of alkyl halides is 1. The molecule has 6 unspecified atom stereocenters. The van der Waals surface area contributed by atoms with E-state index in [2.05, 4.69) is 9.47 Å². The minimum absolute atomic E-state index is 0.00665. The number of carbonyl (C=O) groups is 1. The number of carboxylic acids is 1. The van der Waals surface area contributed by atoms with Crippen LogP contribution in [-0.2, 0) is 9.32 Å². The fourth-order valence-electron chi connectivity index (χ4n) is 3.91. The van der Waals surface area contributed by atoms with Crippen molar-refractivity contribution in [3.05, 3.63) is 12.2 Å². The van der Waals surface area contributed by atoms with Crippen LogP contribution >= 0.6 is 9.47 Å². The van der Waals surface area contributed by atoms with E-state index >= 15 is 0 Å². The Morgan fingerprint density at radius 3 is 2.67 bits per heavy atom. The Labute approximate surface area is 164 Å². The molecule has 0 aromatic rings. The first-order chi connectivity index (χ1) is 12.9. The van der Waals surface area contributed by atoms with Crippen LogP contribution in [0.2, 0.25) is 0 Å². The number of rotatable bonds is 14. The van der Waals surface area contributed by atoms with Crippen molar-refractivity contribution in [2.24, 2.45) is 11.8 Å². The number of hydrogen-bond donors (Lipinski definition) is 3. The van der Waals surface area contributed by atoms with Crippen molar-refractivity contribution in [3.8, 4) is 0 Å². The third-order valence-corrected chi connectivity index (χ3v) is 5.90. The van der Waals surface area contributed by atoms with E-state index in [0.717, 1.165) is 12.8 Å². The fourth-order valence-corrected chi connectivity index (χ4v) is 4.23. The van der Waals surface area contributed by atoms with Gasteiger partial charge in [0.15, 0.2) is 0 Å². The van der Waals surface area contributed by atoms with Crippen LogP contribution in [-0.4, -0.2) is 45.8 Å². The third-order valence-electron chi connectivity index (χ3n) is 5.55. The first kappa shape index (κ1) is 24.5. The molecular weight excluding hydrogens is 370 g/mol. The molecule has 158 valence electrons. The molecule has 5 nitrogen and oxygen atoms in total. The second-order valence-electron chi connectivity index (χ2n) is 7.60. The molecule has 1 rings (SSSR count). The highest BCUT2D eigenvalue weighted by atomic mass is 31.0. The second kappa shape index (κ2) is 13.6. The van der Waals surface area contributed by atoms with Gasteiger partial charge in [0.1, 0.15) is 6.17 Å². The number of aliphatic carboxylic acids is 1. The first-order valence-electron chi connectivity index (χ1n) is 10.1. The van der Waals surface area contributed by atoms with Gasteiger partial charge < -0.3 is 19.8 Å². The summed E-state index contributed by atoms with van der Waals surface area (Å²) in [5, 5.41) is 29.1. The summed E-state index contributed by atoms with van der Waals surface area (Å²) in [7, 11) is 2.25. The van der Waals surface area contributed by atoms with E-state index in [4.69, 9.17) is 9.63 Å². The van der Waals surface area contributed by atoms with Gasteiger partial charge in [-0.2, -0.15) is 0 Å². The van der Waals surface area contributed by atoms with Crippen molar-refractivity contribution >= 4 is 15.4 Å². The number of unbranched alkanes of at least 4 members (excludes halogenated alkanes) is 2. The van der Waals surface area contributed by atoms with Crippen molar-refractivity contribution in [3.63, 3.8) is 0 Å². The van der Waals surface area contributed by atoms with Crippen molar-refractivity contribution in [1.29, 1.82) is 0 Å². The highest BCUT2D eigenvalue weighted by Crippen LogP contribution is 2.41. The average molecular weight is 406 g/mol. The summed E-state index contributed by atoms with van der Waals surface area (Å²) in [5.41, 5.74) is 0. The molecule has 0 aromatic heterocycles. The molecular formula is C20H36FO5P. The van der Waals surface area contributed by atoms with Crippen LogP contribution in [0.1, 0.15) is 71.1 Å². The van der Waals surface area contributed by atoms with Gasteiger partial charge in [-0.3, -0.25) is 4.79 Å². The molecule has 0 spiro atoms. The number of carboxylic acid groups (broad SMARTS) is 1. The first-order valence-corrected chi connectivity index (χ1v) is 10.6. The highest BCUT2D eigenvalue weighted by molar-refractivity contribution is 7.09. The zero-order valence-electron chi connectivity index (χ0n) is 16.3. The van der Waals surface area contributed by atoms with Crippen molar-refractivity contribution < 1.29 is 29.0 Å². The lowest BCUT2D eigenvalue weighted by atomic mass is 9.85. The van der Waals surface area contributed by atoms with Crippen molar-refractivity contribution in [2.75, 3.05) is 0 Å². The van der Waals surface area contributed by atoms with Gasteiger partial charge in [-0.1, -0.05) is 31.9 Å². The summed E-state index contributed by atoms with van der Waals surface area (Å²) < 4.78 is 19.4. The molecule has 1 fully saturated rings. The molecule has 0 saturated heterocycles. The lowest BCUT2D eigenvalue weighted by molar-refractivity contribution is -0.137. The van der Waals surface area contributed by atoms with Gasteiger partial charge in [0.25, 0.3) is 0 Å². The minimum atomic E-state index is -1.20. The zero-order valence-corrected chi connectivity index (χ0v) is 17.5. The Morgan fingerprint density at radius 1 is 1.30 bits per heavy atom. The van der Waals surface area contributed by atoms with Crippen LogP contribution in [0.15, 0.2) is 12.2 Å². The lowest BCUT2D eigenvalue weighted by Crippen LogP contribution is -2.27. The van der Waals surface area contributed by atoms with Gasteiger partial charge in [-0.15, -0.1) is 0 Å². The van der Waals surface area contributed by atoms with Crippen LogP contribution in [0.5, 0.6) is 0 Å². The normalized spacial score (nSPS) is 27.9. The van der Waals surface area contributed by atoms with E-state index < -0.39 is 24.3 Å². The third kappa shape index (κ3) is 8.99. The molecule has 1 saturated carbocycles. The maximum absolute atomic E-state index is 14.0. The molecule has 3 N–H and O–H groups in total. The van der Waals surface area contributed by atoms with Gasteiger partial charge in [-0.25, -0.2) is 4.39 Å². The van der Waals surface area contributed by atoms with Gasteiger partial charge in [-0.05, 0) is 50.4 Å². The van der Waals surface area contributed by atoms with E-state index in [0.29, 0.717) is 44.9 Å². The van der Waals surface area contributed by atoms with Gasteiger partial charge >= 0.3 is 5.97 Å². The lowest BCUT2D eigenvalue weighted by Gasteiger charge is -2.25. The Hall–Kier alpha value is -0.550. The Balaban J connectivity index is 2.51. The maximum Gasteiger partial charge on any atom is 0.303 e. The second-order valence-corrected chi connectivity index (χ2v) is 7.87. The molecule has 1 aliphatic rings. The summed E-state index contributed by atoms with van der Waals surface area (Å²) in [6.45, 7) is 2.00. The Bertz CT molecular complexity index is 448. The van der Waals surface area contributed by atoms with Gasteiger partial charge in [0.05, 0.1) is 18.3 Å². The number of aliphatic hydroxyl groups excluding tert-OH is 2. The van der Waals surface area contributed by atoms with E-state index in [9.17, 15) is 19.4 Å². The molecule has 7 heteroatoms. The van der Waals surface area contributed by atoms with E-state index in [1.807, 2.05) is 19.1 Å². The fraction of sp³-hybridized carbons (Fsp3) is 0.850. The number of hydrogen-bond acceptors (Lipinski definition) is 4. The Kier molecular flexibility index (Phi) is 12.3. The number of aliphatic hydroxyl groups is 2. The molecule has 27 heavy (non-hydrogen) atoms. The van der Waals surface area contributed by atoms with E-state index in [-0.39, 0.29) is 24.4 Å². The number of halogens is 1. The maximum atomic E-state index is 14.0. The molecule has 0 radical (unpaired) electrons.